The molecule has 1 aliphatic rings. The van der Waals surface area contributed by atoms with Gasteiger partial charge in [-0.1, -0.05) is 0 Å². The highest BCUT2D eigenvalue weighted by Crippen LogP contribution is 2.17. The van der Waals surface area contributed by atoms with Gasteiger partial charge in [-0.15, -0.1) is 0 Å². The van der Waals surface area contributed by atoms with Crippen LogP contribution in [0.2, 0.25) is 0 Å². The summed E-state index contributed by atoms with van der Waals surface area (Å²) >= 11 is 0. The molecule has 2 aromatic heterocycles. The van der Waals surface area contributed by atoms with Crippen LogP contribution in [0.1, 0.15) is 22.1 Å². The van der Waals surface area contributed by atoms with Crippen molar-refractivity contribution in [3.8, 4) is 0 Å². The van der Waals surface area contributed by atoms with Crippen LogP contribution < -0.4 is 0 Å². The molecule has 0 spiro atoms. The number of carboxylic acids is 1. The number of fused-ring (bicyclic) bond motifs is 1. The van der Waals surface area contributed by atoms with Gasteiger partial charge < -0.3 is 19.1 Å². The summed E-state index contributed by atoms with van der Waals surface area (Å²) in [6, 6.07) is 0. The Labute approximate surface area is 159 Å². The van der Waals surface area contributed by atoms with Crippen molar-refractivity contribution in [2.75, 3.05) is 20.6 Å². The van der Waals surface area contributed by atoms with E-state index in [9.17, 15) is 18.0 Å². The molecule has 1 N–H and O–H groups in total. The van der Waals surface area contributed by atoms with Crippen LogP contribution in [0.15, 0.2) is 18.6 Å². The van der Waals surface area contributed by atoms with Gasteiger partial charge in [0.05, 0.1) is 19.3 Å². The van der Waals surface area contributed by atoms with Gasteiger partial charge in [-0.3, -0.25) is 9.69 Å². The lowest BCUT2D eigenvalue weighted by Crippen LogP contribution is -2.36. The maximum atomic E-state index is 12.1. The molecule has 3 heterocycles. The van der Waals surface area contributed by atoms with E-state index in [1.165, 1.54) is 0 Å². The van der Waals surface area contributed by atoms with Gasteiger partial charge >= 0.3 is 12.1 Å². The number of hydrogen-bond donors (Lipinski definition) is 1. The number of imidazole rings is 2. The van der Waals surface area contributed by atoms with E-state index in [1.54, 1.807) is 25.2 Å². The normalized spacial score (nSPS) is 14.1. The molecule has 3 rings (SSSR count). The number of carboxylic acid groups (broad SMARTS) is 1. The van der Waals surface area contributed by atoms with Crippen LogP contribution in [0.25, 0.3) is 0 Å². The van der Waals surface area contributed by atoms with Crippen molar-refractivity contribution < 1.29 is 27.9 Å². The average Bonchev–Trinajstić information content (AvgIpc) is 3.20. The maximum absolute atomic E-state index is 12.1. The van der Waals surface area contributed by atoms with E-state index in [1.807, 2.05) is 28.6 Å². The molecule has 0 atom stereocenters. The SMILES string of the molecule is CN(C)C(=O)c1cnc2n1CCN(Cc1nccn1C)C2.O=C(O)C(F)(F)F. The van der Waals surface area contributed by atoms with Gasteiger partial charge in [0.1, 0.15) is 17.3 Å². The first kappa shape index (κ1) is 21.4. The summed E-state index contributed by atoms with van der Waals surface area (Å²) in [6.07, 6.45) is 0.365. The quantitative estimate of drug-likeness (QED) is 0.822. The molecule has 0 fully saturated rings. The first-order valence-electron chi connectivity index (χ1n) is 8.25. The number of aromatic nitrogens is 4. The van der Waals surface area contributed by atoms with Crippen molar-refractivity contribution in [3.63, 3.8) is 0 Å². The summed E-state index contributed by atoms with van der Waals surface area (Å²) in [5, 5.41) is 7.12. The fourth-order valence-electron chi connectivity index (χ4n) is 2.59. The average molecular weight is 402 g/mol. The molecule has 0 saturated carbocycles. The lowest BCUT2D eigenvalue weighted by molar-refractivity contribution is -0.192. The van der Waals surface area contributed by atoms with Crippen LogP contribution in [0, 0.1) is 0 Å². The number of nitrogens with zero attached hydrogens (tertiary/aromatic N) is 6. The third kappa shape index (κ3) is 5.09. The number of alkyl halides is 3. The molecule has 154 valence electrons. The van der Waals surface area contributed by atoms with Gasteiger partial charge in [-0.25, -0.2) is 14.8 Å². The van der Waals surface area contributed by atoms with Crippen molar-refractivity contribution in [2.45, 2.75) is 25.8 Å². The molecule has 9 nitrogen and oxygen atoms in total. The third-order valence-electron chi connectivity index (χ3n) is 4.10. The lowest BCUT2D eigenvalue weighted by Gasteiger charge is -2.28. The molecule has 0 radical (unpaired) electrons. The zero-order chi connectivity index (χ0) is 21.1. The minimum atomic E-state index is -5.08. The zero-order valence-corrected chi connectivity index (χ0v) is 15.6. The standard InChI is InChI=1S/C14H20N6O.C2HF3O2/c1-17(2)14(21)11-8-16-13-10-19(6-7-20(11)13)9-12-15-4-5-18(12)3;3-2(4,5)1(6)7/h4-5,8H,6-7,9-10H2,1-3H3;(H,6,7). The Hall–Kier alpha value is -2.89. The molecule has 12 heteroatoms. The molecular weight excluding hydrogens is 381 g/mol. The highest BCUT2D eigenvalue weighted by atomic mass is 19.4. The maximum Gasteiger partial charge on any atom is 0.490 e. The number of rotatable bonds is 3. The number of hydrogen-bond acceptors (Lipinski definition) is 5. The van der Waals surface area contributed by atoms with Crippen LogP contribution >= 0.6 is 0 Å². The van der Waals surface area contributed by atoms with Crippen LogP contribution in [-0.2, 0) is 31.5 Å². The van der Waals surface area contributed by atoms with Crippen LogP contribution in [0.4, 0.5) is 13.2 Å². The van der Waals surface area contributed by atoms with Gasteiger partial charge in [-0.2, -0.15) is 13.2 Å². The Bertz CT molecular complexity index is 843. The van der Waals surface area contributed by atoms with E-state index < -0.39 is 12.1 Å². The van der Waals surface area contributed by atoms with Crippen LogP contribution in [0.3, 0.4) is 0 Å². The van der Waals surface area contributed by atoms with E-state index >= 15 is 0 Å². The molecule has 0 unspecified atom stereocenters. The number of carbonyl (C=O) groups excluding carboxylic acids is 1. The lowest BCUT2D eigenvalue weighted by atomic mass is 10.3. The number of halogens is 3. The minimum absolute atomic E-state index is 0.00583. The number of aliphatic carboxylic acids is 1. The van der Waals surface area contributed by atoms with Crippen molar-refractivity contribution in [3.05, 3.63) is 35.9 Å². The van der Waals surface area contributed by atoms with E-state index in [4.69, 9.17) is 9.90 Å². The largest absolute Gasteiger partial charge is 0.490 e. The second-order valence-corrected chi connectivity index (χ2v) is 6.38. The summed E-state index contributed by atoms with van der Waals surface area (Å²) in [5.74, 6) is -0.765. The van der Waals surface area contributed by atoms with E-state index in [2.05, 4.69) is 14.9 Å². The van der Waals surface area contributed by atoms with Crippen molar-refractivity contribution in [1.82, 2.24) is 28.9 Å². The summed E-state index contributed by atoms with van der Waals surface area (Å²) in [6.45, 7) is 3.22. The van der Waals surface area contributed by atoms with Crippen molar-refractivity contribution in [2.24, 2.45) is 7.05 Å². The molecule has 0 saturated heterocycles. The highest BCUT2D eigenvalue weighted by Gasteiger charge is 2.38. The van der Waals surface area contributed by atoms with E-state index in [0.717, 1.165) is 37.8 Å². The number of aryl methyl sites for hydroxylation is 1. The molecule has 1 amide bonds. The van der Waals surface area contributed by atoms with Crippen molar-refractivity contribution in [1.29, 1.82) is 0 Å². The molecule has 2 aromatic rings. The topological polar surface area (TPSA) is 96.5 Å². The second kappa shape index (κ2) is 8.42. The zero-order valence-electron chi connectivity index (χ0n) is 15.6. The van der Waals surface area contributed by atoms with E-state index in [-0.39, 0.29) is 5.91 Å². The van der Waals surface area contributed by atoms with Gasteiger partial charge in [0.25, 0.3) is 5.91 Å². The Kier molecular flexibility index (Phi) is 6.44. The minimum Gasteiger partial charge on any atom is -0.475 e. The first-order valence-corrected chi connectivity index (χ1v) is 8.25. The molecule has 0 aliphatic carbocycles. The first-order chi connectivity index (χ1) is 13.0. The Morgan fingerprint density at radius 2 is 1.89 bits per heavy atom. The molecule has 0 bridgehead atoms. The predicted octanol–water partition coefficient (Wildman–Crippen LogP) is 0.967. The number of carbonyl (C=O) groups is 2. The second-order valence-electron chi connectivity index (χ2n) is 6.38. The fourth-order valence-corrected chi connectivity index (χ4v) is 2.59. The smallest absolute Gasteiger partial charge is 0.475 e. The summed E-state index contributed by atoms with van der Waals surface area (Å²) in [7, 11) is 5.53. The van der Waals surface area contributed by atoms with Crippen molar-refractivity contribution >= 4 is 11.9 Å². The Balaban J connectivity index is 0.000000345. The summed E-state index contributed by atoms with van der Waals surface area (Å²) < 4.78 is 35.8. The van der Waals surface area contributed by atoms with Gasteiger partial charge in [0.2, 0.25) is 0 Å². The summed E-state index contributed by atoms with van der Waals surface area (Å²) in [5.41, 5.74) is 0.673. The monoisotopic (exact) mass is 402 g/mol. The molecular formula is C16H21F3N6O3. The molecule has 1 aliphatic heterocycles. The van der Waals surface area contributed by atoms with Crippen LogP contribution in [0.5, 0.6) is 0 Å². The third-order valence-corrected chi connectivity index (χ3v) is 4.10. The molecule has 28 heavy (non-hydrogen) atoms. The predicted molar refractivity (Wildman–Crippen MR) is 91.3 cm³/mol. The van der Waals surface area contributed by atoms with E-state index in [0.29, 0.717) is 5.69 Å². The van der Waals surface area contributed by atoms with Gasteiger partial charge in [-0.05, 0) is 0 Å². The summed E-state index contributed by atoms with van der Waals surface area (Å²) in [4.78, 5) is 33.6. The highest BCUT2D eigenvalue weighted by molar-refractivity contribution is 5.92. The fraction of sp³-hybridized carbons (Fsp3) is 0.500. The van der Waals surface area contributed by atoms with Gasteiger partial charge in [0.15, 0.2) is 0 Å². The Morgan fingerprint density at radius 1 is 1.25 bits per heavy atom. The van der Waals surface area contributed by atoms with Crippen LogP contribution in [-0.4, -0.2) is 72.7 Å². The Morgan fingerprint density at radius 3 is 2.39 bits per heavy atom. The molecule has 0 aromatic carbocycles. The number of amides is 1. The van der Waals surface area contributed by atoms with Gasteiger partial charge in [0, 0.05) is 46.6 Å².